The van der Waals surface area contributed by atoms with E-state index in [2.05, 4.69) is 5.10 Å². The SMILES string of the molecule is Cc1nn(C)c(N2CCC(N)C2)c1[N+](=O)[O-]. The van der Waals surface area contributed by atoms with Gasteiger partial charge in [-0.05, 0) is 13.3 Å². The molecule has 1 aliphatic heterocycles. The molecular formula is C9H15N5O2. The van der Waals surface area contributed by atoms with Gasteiger partial charge in [0, 0.05) is 26.2 Å². The summed E-state index contributed by atoms with van der Waals surface area (Å²) in [7, 11) is 1.72. The third-order valence-electron chi connectivity index (χ3n) is 2.87. The molecule has 1 aromatic heterocycles. The van der Waals surface area contributed by atoms with Gasteiger partial charge in [-0.2, -0.15) is 5.10 Å². The number of hydrogen-bond donors (Lipinski definition) is 1. The van der Waals surface area contributed by atoms with Gasteiger partial charge in [-0.1, -0.05) is 0 Å². The largest absolute Gasteiger partial charge is 0.349 e. The van der Waals surface area contributed by atoms with Crippen LogP contribution in [0.2, 0.25) is 0 Å². The Morgan fingerprint density at radius 1 is 1.62 bits per heavy atom. The molecule has 16 heavy (non-hydrogen) atoms. The van der Waals surface area contributed by atoms with Crippen LogP contribution in [0, 0.1) is 17.0 Å². The number of nitro groups is 1. The zero-order chi connectivity index (χ0) is 11.9. The third-order valence-corrected chi connectivity index (χ3v) is 2.87. The molecule has 0 saturated carbocycles. The zero-order valence-electron chi connectivity index (χ0n) is 9.38. The Balaban J connectivity index is 2.43. The second-order valence-electron chi connectivity index (χ2n) is 4.13. The molecule has 0 spiro atoms. The first kappa shape index (κ1) is 10.9. The molecule has 88 valence electrons. The molecule has 0 bridgehead atoms. The molecule has 1 fully saturated rings. The lowest BCUT2D eigenvalue weighted by Crippen LogP contribution is -2.28. The van der Waals surface area contributed by atoms with E-state index in [1.165, 1.54) is 0 Å². The number of aromatic nitrogens is 2. The second kappa shape index (κ2) is 3.75. The summed E-state index contributed by atoms with van der Waals surface area (Å²) in [6.07, 6.45) is 0.862. The molecule has 0 aromatic carbocycles. The fraction of sp³-hybridized carbons (Fsp3) is 0.667. The van der Waals surface area contributed by atoms with Crippen molar-refractivity contribution >= 4 is 11.5 Å². The van der Waals surface area contributed by atoms with E-state index in [-0.39, 0.29) is 16.7 Å². The second-order valence-corrected chi connectivity index (χ2v) is 4.13. The topological polar surface area (TPSA) is 90.2 Å². The lowest BCUT2D eigenvalue weighted by molar-refractivity contribution is -0.384. The van der Waals surface area contributed by atoms with Crippen LogP contribution in [0.15, 0.2) is 0 Å². The zero-order valence-corrected chi connectivity index (χ0v) is 9.38. The van der Waals surface area contributed by atoms with Crippen LogP contribution < -0.4 is 10.6 Å². The molecule has 0 amide bonds. The van der Waals surface area contributed by atoms with Gasteiger partial charge in [-0.15, -0.1) is 0 Å². The van der Waals surface area contributed by atoms with E-state index in [0.29, 0.717) is 18.1 Å². The van der Waals surface area contributed by atoms with Gasteiger partial charge in [0.05, 0.1) is 4.92 Å². The monoisotopic (exact) mass is 225 g/mol. The van der Waals surface area contributed by atoms with Crippen molar-refractivity contribution in [3.63, 3.8) is 0 Å². The van der Waals surface area contributed by atoms with Crippen LogP contribution in [0.4, 0.5) is 11.5 Å². The number of nitrogens with zero attached hydrogens (tertiary/aromatic N) is 4. The average molecular weight is 225 g/mol. The van der Waals surface area contributed by atoms with Crippen molar-refractivity contribution in [2.24, 2.45) is 12.8 Å². The number of anilines is 1. The maximum absolute atomic E-state index is 11.0. The number of rotatable bonds is 2. The highest BCUT2D eigenvalue weighted by Crippen LogP contribution is 2.32. The molecule has 1 unspecified atom stereocenters. The first-order valence-corrected chi connectivity index (χ1v) is 5.19. The molecule has 1 atom stereocenters. The highest BCUT2D eigenvalue weighted by atomic mass is 16.6. The quantitative estimate of drug-likeness (QED) is 0.572. The summed E-state index contributed by atoms with van der Waals surface area (Å²) in [4.78, 5) is 12.5. The standard InChI is InChI=1S/C9H15N5O2/c1-6-8(14(15)16)9(12(2)11-6)13-4-3-7(10)5-13/h7H,3-5,10H2,1-2H3. The summed E-state index contributed by atoms with van der Waals surface area (Å²) < 4.78 is 1.56. The van der Waals surface area contributed by atoms with Crippen molar-refractivity contribution in [1.29, 1.82) is 0 Å². The minimum absolute atomic E-state index is 0.0924. The van der Waals surface area contributed by atoms with Crippen LogP contribution in [0.1, 0.15) is 12.1 Å². The van der Waals surface area contributed by atoms with Crippen molar-refractivity contribution in [3.8, 4) is 0 Å². The highest BCUT2D eigenvalue weighted by molar-refractivity contribution is 5.61. The maximum atomic E-state index is 11.0. The maximum Gasteiger partial charge on any atom is 0.333 e. The van der Waals surface area contributed by atoms with E-state index in [0.717, 1.165) is 13.0 Å². The van der Waals surface area contributed by atoms with Crippen LogP contribution in [0.3, 0.4) is 0 Å². The Kier molecular flexibility index (Phi) is 2.55. The van der Waals surface area contributed by atoms with Gasteiger partial charge >= 0.3 is 5.69 Å². The molecule has 1 aromatic rings. The van der Waals surface area contributed by atoms with Gasteiger partial charge in [-0.3, -0.25) is 10.1 Å². The Bertz CT molecular complexity index is 428. The fourth-order valence-corrected chi connectivity index (χ4v) is 2.18. The Labute approximate surface area is 93.0 Å². The van der Waals surface area contributed by atoms with Crippen molar-refractivity contribution in [1.82, 2.24) is 9.78 Å². The highest BCUT2D eigenvalue weighted by Gasteiger charge is 2.31. The van der Waals surface area contributed by atoms with E-state index in [4.69, 9.17) is 5.73 Å². The summed E-state index contributed by atoms with van der Waals surface area (Å²) >= 11 is 0. The van der Waals surface area contributed by atoms with Crippen molar-refractivity contribution < 1.29 is 4.92 Å². The predicted octanol–water partition coefficient (Wildman–Crippen LogP) is 0.174. The van der Waals surface area contributed by atoms with Crippen molar-refractivity contribution in [2.75, 3.05) is 18.0 Å². The van der Waals surface area contributed by atoms with Crippen molar-refractivity contribution in [2.45, 2.75) is 19.4 Å². The van der Waals surface area contributed by atoms with Crippen LogP contribution in [-0.2, 0) is 7.05 Å². The average Bonchev–Trinajstić information content (AvgIpc) is 2.69. The Hall–Kier alpha value is -1.63. The fourth-order valence-electron chi connectivity index (χ4n) is 2.18. The Morgan fingerprint density at radius 2 is 2.31 bits per heavy atom. The smallest absolute Gasteiger partial charge is 0.333 e. The summed E-state index contributed by atoms with van der Waals surface area (Å²) in [5, 5.41) is 15.1. The van der Waals surface area contributed by atoms with Crippen LogP contribution >= 0.6 is 0 Å². The molecule has 2 heterocycles. The van der Waals surface area contributed by atoms with Gasteiger partial charge in [0.2, 0.25) is 5.82 Å². The number of nitrogens with two attached hydrogens (primary N) is 1. The van der Waals surface area contributed by atoms with Gasteiger partial charge < -0.3 is 10.6 Å². The van der Waals surface area contributed by atoms with Crippen LogP contribution in [0.5, 0.6) is 0 Å². The normalized spacial score (nSPS) is 20.4. The molecule has 7 heteroatoms. The van der Waals surface area contributed by atoms with E-state index in [9.17, 15) is 10.1 Å². The lowest BCUT2D eigenvalue weighted by Gasteiger charge is -2.16. The first-order valence-electron chi connectivity index (χ1n) is 5.19. The molecule has 2 rings (SSSR count). The van der Waals surface area contributed by atoms with E-state index < -0.39 is 0 Å². The van der Waals surface area contributed by atoms with Gasteiger partial charge in [-0.25, -0.2) is 4.68 Å². The molecule has 0 aliphatic carbocycles. The molecule has 1 aliphatic rings. The van der Waals surface area contributed by atoms with E-state index in [1.54, 1.807) is 18.7 Å². The summed E-state index contributed by atoms with van der Waals surface area (Å²) in [6, 6.07) is 0.0924. The molecular weight excluding hydrogens is 210 g/mol. The minimum atomic E-state index is -0.374. The lowest BCUT2D eigenvalue weighted by atomic mass is 10.3. The molecule has 2 N–H and O–H groups in total. The summed E-state index contributed by atoms with van der Waals surface area (Å²) in [5.74, 6) is 0.565. The summed E-state index contributed by atoms with van der Waals surface area (Å²) in [6.45, 7) is 3.05. The minimum Gasteiger partial charge on any atom is -0.349 e. The van der Waals surface area contributed by atoms with Gasteiger partial charge in [0.1, 0.15) is 5.69 Å². The van der Waals surface area contributed by atoms with Gasteiger partial charge in [0.25, 0.3) is 0 Å². The predicted molar refractivity (Wildman–Crippen MR) is 59.4 cm³/mol. The van der Waals surface area contributed by atoms with E-state index in [1.807, 2.05) is 4.90 Å². The molecule has 0 radical (unpaired) electrons. The number of hydrogen-bond acceptors (Lipinski definition) is 5. The Morgan fingerprint density at radius 3 is 2.81 bits per heavy atom. The first-order chi connectivity index (χ1) is 7.50. The van der Waals surface area contributed by atoms with Crippen LogP contribution in [-0.4, -0.2) is 33.8 Å². The van der Waals surface area contributed by atoms with E-state index >= 15 is 0 Å². The number of aryl methyl sites for hydroxylation is 2. The molecule has 1 saturated heterocycles. The molecule has 7 nitrogen and oxygen atoms in total. The van der Waals surface area contributed by atoms with Crippen molar-refractivity contribution in [3.05, 3.63) is 15.8 Å². The van der Waals surface area contributed by atoms with Crippen LogP contribution in [0.25, 0.3) is 0 Å². The van der Waals surface area contributed by atoms with Gasteiger partial charge in [0.15, 0.2) is 0 Å². The summed E-state index contributed by atoms with van der Waals surface area (Å²) in [5.41, 5.74) is 6.35. The third kappa shape index (κ3) is 1.63.